The third kappa shape index (κ3) is 8.17. The lowest BCUT2D eigenvalue weighted by molar-refractivity contribution is -0.908. The Hall–Kier alpha value is -0.170. The molecule has 0 saturated carbocycles. The third-order valence-electron chi connectivity index (χ3n) is 1.41. The molecule has 0 aliphatic carbocycles. The van der Waals surface area contributed by atoms with Crippen molar-refractivity contribution >= 4 is 10.4 Å². The van der Waals surface area contributed by atoms with E-state index in [9.17, 15) is 13.0 Å². The van der Waals surface area contributed by atoms with Gasteiger partial charge in [0.15, 0.2) is 6.73 Å². The Balaban J connectivity index is 4.04. The zero-order valence-electron chi connectivity index (χ0n) is 8.48. The van der Waals surface area contributed by atoms with Gasteiger partial charge >= 0.3 is 0 Å². The summed E-state index contributed by atoms with van der Waals surface area (Å²) in [6, 6.07) is 0. The van der Waals surface area contributed by atoms with Gasteiger partial charge in [-0.3, -0.25) is 0 Å². The molecule has 0 atom stereocenters. The molecule has 0 radical (unpaired) electrons. The summed E-state index contributed by atoms with van der Waals surface area (Å²) >= 11 is 0. The van der Waals surface area contributed by atoms with Crippen LogP contribution in [0.15, 0.2) is 0 Å². The van der Waals surface area contributed by atoms with Gasteiger partial charge in [0.2, 0.25) is 10.4 Å². The summed E-state index contributed by atoms with van der Waals surface area (Å²) in [4.78, 5) is 0. The predicted molar refractivity (Wildman–Crippen MR) is 47.5 cm³/mol. The van der Waals surface area contributed by atoms with Crippen molar-refractivity contribution in [2.75, 3.05) is 27.4 Å². The van der Waals surface area contributed by atoms with Crippen LogP contribution >= 0.6 is 0 Å². The molecule has 6 heteroatoms. The molecule has 0 fully saturated rings. The van der Waals surface area contributed by atoms with Crippen LogP contribution in [0.4, 0.5) is 0 Å². The second-order valence-electron chi connectivity index (χ2n) is 4.17. The van der Waals surface area contributed by atoms with Crippen LogP contribution in [0.1, 0.15) is 13.8 Å². The molecule has 0 bridgehead atoms. The minimum Gasteiger partial charge on any atom is -0.725 e. The van der Waals surface area contributed by atoms with Gasteiger partial charge in [-0.1, -0.05) is 13.8 Å². The van der Waals surface area contributed by atoms with Gasteiger partial charge in [-0.05, 0) is 0 Å². The van der Waals surface area contributed by atoms with Crippen LogP contribution in [0.25, 0.3) is 0 Å². The average molecular weight is 211 g/mol. The monoisotopic (exact) mass is 211 g/mol. The Morgan fingerprint density at radius 2 is 1.85 bits per heavy atom. The van der Waals surface area contributed by atoms with E-state index < -0.39 is 10.4 Å². The molecule has 0 spiro atoms. The minimum absolute atomic E-state index is 0.107. The number of hydrogen-bond donors (Lipinski definition) is 0. The van der Waals surface area contributed by atoms with Crippen molar-refractivity contribution in [2.24, 2.45) is 5.92 Å². The molecule has 0 aromatic carbocycles. The van der Waals surface area contributed by atoms with Gasteiger partial charge < -0.3 is 9.04 Å². The van der Waals surface area contributed by atoms with Crippen LogP contribution in [-0.2, 0) is 14.6 Å². The van der Waals surface area contributed by atoms with E-state index in [2.05, 4.69) is 4.18 Å². The molecule has 0 aliphatic heterocycles. The highest BCUT2D eigenvalue weighted by Crippen LogP contribution is 2.05. The number of hydrogen-bond acceptors (Lipinski definition) is 4. The molecule has 0 N–H and O–H groups in total. The van der Waals surface area contributed by atoms with Crippen molar-refractivity contribution in [1.29, 1.82) is 0 Å². The topological polar surface area (TPSA) is 66.4 Å². The van der Waals surface area contributed by atoms with Crippen LogP contribution in [0, 0.1) is 5.92 Å². The summed E-state index contributed by atoms with van der Waals surface area (Å²) in [6.45, 7) is 4.69. The Labute approximate surface area is 79.8 Å². The molecule has 0 aromatic rings. The summed E-state index contributed by atoms with van der Waals surface area (Å²) in [6.07, 6.45) is 0. The van der Waals surface area contributed by atoms with E-state index in [1.807, 2.05) is 27.9 Å². The fourth-order valence-electron chi connectivity index (χ4n) is 1.25. The summed E-state index contributed by atoms with van der Waals surface area (Å²) in [5, 5.41) is 0. The van der Waals surface area contributed by atoms with Gasteiger partial charge in [-0.15, -0.1) is 0 Å². The van der Waals surface area contributed by atoms with Crippen LogP contribution in [-0.4, -0.2) is 44.8 Å². The Morgan fingerprint density at radius 3 is 2.15 bits per heavy atom. The third-order valence-corrected chi connectivity index (χ3v) is 1.80. The maximum absolute atomic E-state index is 10.2. The smallest absolute Gasteiger partial charge is 0.222 e. The SMILES string of the molecule is CC(C)C[N+](C)(C)COS(=O)(=O)[O-]. The highest BCUT2D eigenvalue weighted by molar-refractivity contribution is 7.80. The van der Waals surface area contributed by atoms with Crippen molar-refractivity contribution in [1.82, 2.24) is 0 Å². The van der Waals surface area contributed by atoms with E-state index in [1.54, 1.807) is 0 Å². The van der Waals surface area contributed by atoms with Gasteiger partial charge in [0.25, 0.3) is 0 Å². The van der Waals surface area contributed by atoms with E-state index in [4.69, 9.17) is 0 Å². The first kappa shape index (κ1) is 12.8. The minimum atomic E-state index is -4.56. The number of rotatable bonds is 5. The average Bonchev–Trinajstić information content (AvgIpc) is 1.79. The van der Waals surface area contributed by atoms with Gasteiger partial charge in [-0.2, -0.15) is 0 Å². The first-order chi connectivity index (χ1) is 5.62. The standard InChI is InChI=1S/C7H17NO4S/c1-7(2)5-8(3,4)6-12-13(9,10)11/h7H,5-6H2,1-4H3. The lowest BCUT2D eigenvalue weighted by Crippen LogP contribution is -2.44. The van der Waals surface area contributed by atoms with Crippen molar-refractivity contribution in [3.05, 3.63) is 0 Å². The second kappa shape index (κ2) is 4.36. The Bertz CT molecular complexity index is 245. The number of nitrogens with zero attached hydrogens (tertiary/aromatic N) is 1. The largest absolute Gasteiger partial charge is 0.725 e. The Morgan fingerprint density at radius 1 is 1.38 bits per heavy atom. The summed E-state index contributed by atoms with van der Waals surface area (Å²) in [5.74, 6) is 0.424. The normalized spacial score (nSPS) is 13.7. The van der Waals surface area contributed by atoms with E-state index in [-0.39, 0.29) is 6.73 Å². The van der Waals surface area contributed by atoms with E-state index >= 15 is 0 Å². The van der Waals surface area contributed by atoms with E-state index in [0.29, 0.717) is 10.4 Å². The fourth-order valence-corrected chi connectivity index (χ4v) is 1.66. The van der Waals surface area contributed by atoms with E-state index in [0.717, 1.165) is 6.54 Å². The van der Waals surface area contributed by atoms with Gasteiger partial charge in [0, 0.05) is 5.92 Å². The molecular formula is C7H17NO4S. The second-order valence-corrected chi connectivity index (χ2v) is 5.22. The molecule has 0 rings (SSSR count). The first-order valence-corrected chi connectivity index (χ1v) is 5.38. The van der Waals surface area contributed by atoms with Gasteiger partial charge in [0.1, 0.15) is 0 Å². The molecular weight excluding hydrogens is 194 g/mol. The Kier molecular flexibility index (Phi) is 4.31. The summed E-state index contributed by atoms with van der Waals surface area (Å²) < 4.78 is 35.1. The maximum atomic E-state index is 10.2. The first-order valence-electron chi connectivity index (χ1n) is 4.05. The quantitative estimate of drug-likeness (QED) is 0.281. The lowest BCUT2D eigenvalue weighted by atomic mass is 10.2. The molecule has 5 nitrogen and oxygen atoms in total. The van der Waals surface area contributed by atoms with Gasteiger partial charge in [-0.25, -0.2) is 12.6 Å². The van der Waals surface area contributed by atoms with Crippen LogP contribution < -0.4 is 0 Å². The zero-order valence-corrected chi connectivity index (χ0v) is 9.30. The molecule has 0 heterocycles. The van der Waals surface area contributed by atoms with Crippen LogP contribution in [0.5, 0.6) is 0 Å². The maximum Gasteiger partial charge on any atom is 0.222 e. The van der Waals surface area contributed by atoms with Crippen LogP contribution in [0.2, 0.25) is 0 Å². The predicted octanol–water partition coefficient (Wildman–Crippen LogP) is 0.153. The van der Waals surface area contributed by atoms with Crippen molar-refractivity contribution in [3.8, 4) is 0 Å². The fraction of sp³-hybridized carbons (Fsp3) is 1.00. The molecule has 80 valence electrons. The molecule has 0 aromatic heterocycles. The van der Waals surface area contributed by atoms with Gasteiger partial charge in [0.05, 0.1) is 20.6 Å². The molecule has 13 heavy (non-hydrogen) atoms. The van der Waals surface area contributed by atoms with Crippen molar-refractivity contribution in [3.63, 3.8) is 0 Å². The van der Waals surface area contributed by atoms with Crippen molar-refractivity contribution < 1.29 is 21.6 Å². The highest BCUT2D eigenvalue weighted by Gasteiger charge is 2.18. The summed E-state index contributed by atoms with van der Waals surface area (Å²) in [5.41, 5.74) is 0. The highest BCUT2D eigenvalue weighted by atomic mass is 32.3. The lowest BCUT2D eigenvalue weighted by Gasteiger charge is -2.30. The summed E-state index contributed by atoms with van der Waals surface area (Å²) in [7, 11) is -0.937. The van der Waals surface area contributed by atoms with Crippen molar-refractivity contribution in [2.45, 2.75) is 13.8 Å². The van der Waals surface area contributed by atoms with E-state index in [1.165, 1.54) is 0 Å². The molecule has 0 saturated heterocycles. The molecule has 0 amide bonds. The molecule has 0 aliphatic rings. The zero-order chi connectivity index (χ0) is 10.7. The number of quaternary nitrogens is 1. The molecule has 0 unspecified atom stereocenters. The van der Waals surface area contributed by atoms with Crippen LogP contribution in [0.3, 0.4) is 0 Å².